The summed E-state index contributed by atoms with van der Waals surface area (Å²) in [5.41, 5.74) is 13.2. The first kappa shape index (κ1) is 19.1. The number of benzene rings is 2. The molecule has 0 aliphatic carbocycles. The molecule has 0 bridgehead atoms. The first-order valence-corrected chi connectivity index (χ1v) is 10.0. The van der Waals surface area contributed by atoms with Crippen molar-refractivity contribution in [2.75, 3.05) is 47.0 Å². The molecule has 4 rings (SSSR count). The van der Waals surface area contributed by atoms with Crippen molar-refractivity contribution in [2.24, 2.45) is 0 Å². The molecule has 1 saturated heterocycles. The van der Waals surface area contributed by atoms with Crippen molar-refractivity contribution in [3.05, 3.63) is 65.5 Å². The minimum absolute atomic E-state index is 0.593. The van der Waals surface area contributed by atoms with Crippen LogP contribution in [-0.2, 0) is 0 Å². The minimum Gasteiger partial charge on any atom is -0.393 e. The second kappa shape index (κ2) is 7.99. The number of aryl methyl sites for hydroxylation is 2. The molecule has 1 fully saturated rings. The third-order valence-corrected chi connectivity index (χ3v) is 5.76. The van der Waals surface area contributed by atoms with Gasteiger partial charge in [-0.1, -0.05) is 30.3 Å². The fraction of sp³-hybridized carbons (Fsp3) is 0.304. The molecule has 2 heterocycles. The number of nitrogens with zero attached hydrogens (tertiary/aromatic N) is 4. The summed E-state index contributed by atoms with van der Waals surface area (Å²) in [6, 6.07) is 14.6. The fourth-order valence-electron chi connectivity index (χ4n) is 3.82. The topological polar surface area (TPSA) is 70.3 Å². The van der Waals surface area contributed by atoms with Crippen molar-refractivity contribution in [1.29, 1.82) is 0 Å². The van der Waals surface area contributed by atoms with Crippen LogP contribution in [0.25, 0.3) is 0 Å². The summed E-state index contributed by atoms with van der Waals surface area (Å²) < 4.78 is 0. The van der Waals surface area contributed by atoms with E-state index in [1.165, 1.54) is 16.8 Å². The third kappa shape index (κ3) is 3.83. The van der Waals surface area contributed by atoms with Crippen LogP contribution in [-0.4, -0.2) is 36.1 Å². The molecule has 2 aromatic carbocycles. The largest absolute Gasteiger partial charge is 0.393 e. The standard InChI is InChI=1S/C23H28N6/c1-16-8-6-10-20(18(16)3)28-11-13-29(14-12-28)23-21(24)22(25-15-26-23)27-19-9-5-4-7-17(19)2/h4-10,15H,11-14,24H2,1-3H3,(H,25,26,27). The molecule has 3 aromatic rings. The summed E-state index contributed by atoms with van der Waals surface area (Å²) in [6.07, 6.45) is 1.59. The molecule has 150 valence electrons. The molecule has 0 spiro atoms. The Kier molecular flexibility index (Phi) is 5.25. The average Bonchev–Trinajstić information content (AvgIpc) is 2.73. The predicted molar refractivity (Wildman–Crippen MR) is 121 cm³/mol. The smallest absolute Gasteiger partial charge is 0.159 e. The first-order valence-electron chi connectivity index (χ1n) is 10.0. The van der Waals surface area contributed by atoms with Crippen LogP contribution in [0.15, 0.2) is 48.8 Å². The highest BCUT2D eigenvalue weighted by molar-refractivity contribution is 5.79. The summed E-state index contributed by atoms with van der Waals surface area (Å²) in [5.74, 6) is 1.46. The highest BCUT2D eigenvalue weighted by Crippen LogP contribution is 2.31. The van der Waals surface area contributed by atoms with Gasteiger partial charge < -0.3 is 20.9 Å². The Morgan fingerprint density at radius 2 is 1.52 bits per heavy atom. The SMILES string of the molecule is Cc1ccccc1Nc1ncnc(N2CCN(c3cccc(C)c3C)CC2)c1N. The summed E-state index contributed by atoms with van der Waals surface area (Å²) in [7, 11) is 0. The minimum atomic E-state index is 0.593. The number of hydrogen-bond acceptors (Lipinski definition) is 6. The number of rotatable bonds is 4. The Morgan fingerprint density at radius 1 is 0.828 bits per heavy atom. The highest BCUT2D eigenvalue weighted by atomic mass is 15.3. The zero-order valence-electron chi connectivity index (χ0n) is 17.3. The van der Waals surface area contributed by atoms with Gasteiger partial charge in [0.1, 0.15) is 12.0 Å². The van der Waals surface area contributed by atoms with Gasteiger partial charge in [-0.3, -0.25) is 0 Å². The Bertz CT molecular complexity index is 1010. The van der Waals surface area contributed by atoms with Crippen LogP contribution in [0.1, 0.15) is 16.7 Å². The van der Waals surface area contributed by atoms with Gasteiger partial charge in [0.15, 0.2) is 11.6 Å². The zero-order chi connectivity index (χ0) is 20.4. The molecule has 0 atom stereocenters. The van der Waals surface area contributed by atoms with E-state index in [0.717, 1.165) is 43.2 Å². The molecular weight excluding hydrogens is 360 g/mol. The molecule has 1 aliphatic heterocycles. The molecule has 6 heteroatoms. The fourth-order valence-corrected chi connectivity index (χ4v) is 3.82. The van der Waals surface area contributed by atoms with Gasteiger partial charge in [-0.15, -0.1) is 0 Å². The van der Waals surface area contributed by atoms with E-state index >= 15 is 0 Å². The van der Waals surface area contributed by atoms with Gasteiger partial charge in [-0.2, -0.15) is 0 Å². The molecule has 1 aromatic heterocycles. The van der Waals surface area contributed by atoms with Crippen molar-refractivity contribution in [2.45, 2.75) is 20.8 Å². The average molecular weight is 389 g/mol. The van der Waals surface area contributed by atoms with Crippen LogP contribution in [0.2, 0.25) is 0 Å². The zero-order valence-corrected chi connectivity index (χ0v) is 17.3. The molecule has 0 unspecified atom stereocenters. The van der Waals surface area contributed by atoms with E-state index in [9.17, 15) is 0 Å². The Labute approximate surface area is 172 Å². The van der Waals surface area contributed by atoms with Gasteiger partial charge >= 0.3 is 0 Å². The highest BCUT2D eigenvalue weighted by Gasteiger charge is 2.22. The van der Waals surface area contributed by atoms with Crippen molar-refractivity contribution in [3.8, 4) is 0 Å². The van der Waals surface area contributed by atoms with Crippen LogP contribution in [0.5, 0.6) is 0 Å². The molecular formula is C23H28N6. The summed E-state index contributed by atoms with van der Waals surface area (Å²) in [6.45, 7) is 10.1. The Morgan fingerprint density at radius 3 is 2.28 bits per heavy atom. The lowest BCUT2D eigenvalue weighted by Gasteiger charge is -2.38. The van der Waals surface area contributed by atoms with Crippen LogP contribution in [0.3, 0.4) is 0 Å². The predicted octanol–water partition coefficient (Wildman–Crippen LogP) is 4.05. The number of hydrogen-bond donors (Lipinski definition) is 2. The molecule has 0 amide bonds. The second-order valence-electron chi connectivity index (χ2n) is 7.59. The van der Waals surface area contributed by atoms with Gasteiger partial charge in [0.25, 0.3) is 0 Å². The molecule has 29 heavy (non-hydrogen) atoms. The quantitative estimate of drug-likeness (QED) is 0.703. The van der Waals surface area contributed by atoms with Crippen molar-refractivity contribution in [1.82, 2.24) is 9.97 Å². The number of aromatic nitrogens is 2. The van der Waals surface area contributed by atoms with Crippen LogP contribution >= 0.6 is 0 Å². The van der Waals surface area contributed by atoms with E-state index < -0.39 is 0 Å². The normalized spacial score (nSPS) is 14.2. The first-order chi connectivity index (χ1) is 14.0. The van der Waals surface area contributed by atoms with E-state index in [2.05, 4.69) is 70.1 Å². The lowest BCUT2D eigenvalue weighted by Crippen LogP contribution is -2.47. The lowest BCUT2D eigenvalue weighted by atomic mass is 10.1. The van der Waals surface area contributed by atoms with E-state index in [0.29, 0.717) is 11.5 Å². The van der Waals surface area contributed by atoms with E-state index in [1.54, 1.807) is 6.33 Å². The van der Waals surface area contributed by atoms with Crippen molar-refractivity contribution >= 4 is 28.7 Å². The maximum Gasteiger partial charge on any atom is 0.159 e. The van der Waals surface area contributed by atoms with Gasteiger partial charge in [0.2, 0.25) is 0 Å². The Hall–Kier alpha value is -3.28. The van der Waals surface area contributed by atoms with Crippen molar-refractivity contribution in [3.63, 3.8) is 0 Å². The van der Waals surface area contributed by atoms with Gasteiger partial charge in [0, 0.05) is 37.6 Å². The van der Waals surface area contributed by atoms with E-state index in [-0.39, 0.29) is 0 Å². The number of nitrogens with one attached hydrogen (secondary N) is 1. The molecule has 0 radical (unpaired) electrons. The number of anilines is 5. The maximum absolute atomic E-state index is 6.46. The number of piperazine rings is 1. The summed E-state index contributed by atoms with van der Waals surface area (Å²) >= 11 is 0. The molecule has 6 nitrogen and oxygen atoms in total. The van der Waals surface area contributed by atoms with E-state index in [4.69, 9.17) is 5.73 Å². The summed E-state index contributed by atoms with van der Waals surface area (Å²) in [4.78, 5) is 13.6. The summed E-state index contributed by atoms with van der Waals surface area (Å²) in [5, 5.41) is 3.36. The monoisotopic (exact) mass is 388 g/mol. The van der Waals surface area contributed by atoms with E-state index in [1.807, 2.05) is 18.2 Å². The van der Waals surface area contributed by atoms with Crippen LogP contribution in [0, 0.1) is 20.8 Å². The lowest BCUT2D eigenvalue weighted by molar-refractivity contribution is 0.646. The molecule has 1 aliphatic rings. The Balaban J connectivity index is 1.50. The van der Waals surface area contributed by atoms with Crippen LogP contribution < -0.4 is 20.9 Å². The van der Waals surface area contributed by atoms with Crippen molar-refractivity contribution < 1.29 is 0 Å². The number of nitrogens with two attached hydrogens (primary N) is 1. The van der Waals surface area contributed by atoms with Gasteiger partial charge in [-0.25, -0.2) is 9.97 Å². The molecule has 0 saturated carbocycles. The third-order valence-electron chi connectivity index (χ3n) is 5.76. The maximum atomic E-state index is 6.46. The van der Waals surface area contributed by atoms with Gasteiger partial charge in [-0.05, 0) is 49.6 Å². The number of nitrogen functional groups attached to an aromatic ring is 1. The second-order valence-corrected chi connectivity index (χ2v) is 7.59. The number of para-hydroxylation sites is 1. The molecule has 3 N–H and O–H groups in total. The van der Waals surface area contributed by atoms with Gasteiger partial charge in [0.05, 0.1) is 0 Å². The van der Waals surface area contributed by atoms with Crippen LogP contribution in [0.4, 0.5) is 28.7 Å².